The molecule has 0 amide bonds. The molecule has 184 valence electrons. The number of aromatic nitrogens is 2. The van der Waals surface area contributed by atoms with E-state index < -0.39 is 0 Å². The summed E-state index contributed by atoms with van der Waals surface area (Å²) in [5.74, 6) is 0.986. The molecule has 1 atom stereocenters. The zero-order valence-electron chi connectivity index (χ0n) is 20.9. The third-order valence-corrected chi connectivity index (χ3v) is 5.48. The van der Waals surface area contributed by atoms with E-state index in [1.807, 2.05) is 51.1 Å². The molecule has 34 heavy (non-hydrogen) atoms. The SMILES string of the molecule is CC.CCCc1ccc(F)cc1.Cc1cc(-n2ccnc(C)c2=O)ccc1OCC(O)C1CC1. The molecule has 0 bridgehead atoms. The maximum atomic E-state index is 12.3. The lowest BCUT2D eigenvalue weighted by Crippen LogP contribution is -2.21. The molecule has 1 aliphatic rings. The highest BCUT2D eigenvalue weighted by Crippen LogP contribution is 2.33. The molecule has 1 saturated carbocycles. The van der Waals surface area contributed by atoms with E-state index in [2.05, 4.69) is 11.9 Å². The summed E-state index contributed by atoms with van der Waals surface area (Å²) >= 11 is 0. The molecule has 1 fully saturated rings. The molecular weight excluding hydrogens is 431 g/mol. The fraction of sp³-hybridized carbons (Fsp3) is 0.429. The van der Waals surface area contributed by atoms with Crippen LogP contribution < -0.4 is 10.3 Å². The van der Waals surface area contributed by atoms with Gasteiger partial charge in [0.1, 0.15) is 23.9 Å². The zero-order chi connectivity index (χ0) is 25.1. The second-order valence-corrected chi connectivity index (χ2v) is 8.23. The van der Waals surface area contributed by atoms with Crippen molar-refractivity contribution in [2.45, 2.75) is 66.4 Å². The molecule has 4 rings (SSSR count). The number of aliphatic hydroxyl groups is 1. The quantitative estimate of drug-likeness (QED) is 0.476. The first-order valence-electron chi connectivity index (χ1n) is 12.1. The number of rotatable bonds is 7. The first-order valence-corrected chi connectivity index (χ1v) is 12.1. The molecule has 0 aliphatic heterocycles. The van der Waals surface area contributed by atoms with Gasteiger partial charge in [-0.05, 0) is 80.5 Å². The van der Waals surface area contributed by atoms with Crippen LogP contribution in [0.4, 0.5) is 4.39 Å². The first kappa shape index (κ1) is 27.3. The highest BCUT2D eigenvalue weighted by molar-refractivity contribution is 5.43. The molecule has 1 aromatic heterocycles. The van der Waals surface area contributed by atoms with Gasteiger partial charge >= 0.3 is 0 Å². The number of nitrogens with zero attached hydrogens (tertiary/aromatic N) is 2. The van der Waals surface area contributed by atoms with Gasteiger partial charge in [-0.1, -0.05) is 39.3 Å². The Labute approximate surface area is 202 Å². The summed E-state index contributed by atoms with van der Waals surface area (Å²) < 4.78 is 19.6. The number of hydrogen-bond donors (Lipinski definition) is 1. The Bertz CT molecular complexity index is 1080. The van der Waals surface area contributed by atoms with Gasteiger partial charge in [0.15, 0.2) is 0 Å². The van der Waals surface area contributed by atoms with Crippen molar-refractivity contribution in [1.29, 1.82) is 0 Å². The Kier molecular flexibility index (Phi) is 10.9. The summed E-state index contributed by atoms with van der Waals surface area (Å²) in [6, 6.07) is 12.3. The summed E-state index contributed by atoms with van der Waals surface area (Å²) in [6.45, 7) is 10.1. The van der Waals surface area contributed by atoms with Gasteiger partial charge in [-0.15, -0.1) is 0 Å². The number of ether oxygens (including phenoxy) is 1. The van der Waals surface area contributed by atoms with E-state index in [0.29, 0.717) is 18.2 Å². The zero-order valence-corrected chi connectivity index (χ0v) is 20.9. The van der Waals surface area contributed by atoms with Crippen molar-refractivity contribution in [2.75, 3.05) is 6.61 Å². The van der Waals surface area contributed by atoms with Crippen molar-refractivity contribution < 1.29 is 14.2 Å². The number of halogens is 1. The van der Waals surface area contributed by atoms with Crippen LogP contribution in [0.2, 0.25) is 0 Å². The van der Waals surface area contributed by atoms with Crippen LogP contribution >= 0.6 is 0 Å². The Balaban J connectivity index is 0.000000286. The normalized spacial score (nSPS) is 13.1. The van der Waals surface area contributed by atoms with Gasteiger partial charge in [0.25, 0.3) is 5.56 Å². The fourth-order valence-corrected chi connectivity index (χ4v) is 3.39. The van der Waals surface area contributed by atoms with Crippen molar-refractivity contribution in [3.63, 3.8) is 0 Å². The van der Waals surface area contributed by atoms with Crippen molar-refractivity contribution in [1.82, 2.24) is 9.55 Å². The van der Waals surface area contributed by atoms with Crippen LogP contribution in [0.5, 0.6) is 5.75 Å². The second-order valence-electron chi connectivity index (χ2n) is 8.23. The van der Waals surface area contributed by atoms with Crippen LogP contribution in [-0.4, -0.2) is 27.4 Å². The Morgan fingerprint density at radius 3 is 2.41 bits per heavy atom. The Hall–Kier alpha value is -2.99. The van der Waals surface area contributed by atoms with E-state index >= 15 is 0 Å². The van der Waals surface area contributed by atoms with Crippen molar-refractivity contribution >= 4 is 0 Å². The summed E-state index contributed by atoms with van der Waals surface area (Å²) in [5, 5.41) is 9.86. The molecule has 6 heteroatoms. The number of benzene rings is 2. The summed E-state index contributed by atoms with van der Waals surface area (Å²) in [7, 11) is 0. The average molecular weight is 469 g/mol. The molecule has 0 spiro atoms. The minimum atomic E-state index is -0.385. The van der Waals surface area contributed by atoms with E-state index in [1.165, 1.54) is 17.7 Å². The molecule has 2 aromatic carbocycles. The maximum absolute atomic E-state index is 12.3. The number of aryl methyl sites for hydroxylation is 3. The highest BCUT2D eigenvalue weighted by atomic mass is 19.1. The Morgan fingerprint density at radius 2 is 1.82 bits per heavy atom. The second kappa shape index (κ2) is 13.7. The molecular formula is C28H37FN2O3. The van der Waals surface area contributed by atoms with Crippen LogP contribution in [-0.2, 0) is 6.42 Å². The molecule has 1 aliphatic carbocycles. The van der Waals surface area contributed by atoms with E-state index in [-0.39, 0.29) is 17.5 Å². The minimum Gasteiger partial charge on any atom is -0.491 e. The molecule has 5 nitrogen and oxygen atoms in total. The van der Waals surface area contributed by atoms with Gasteiger partial charge in [-0.3, -0.25) is 14.3 Å². The topological polar surface area (TPSA) is 64.4 Å². The van der Waals surface area contributed by atoms with Crippen molar-refractivity contribution in [3.8, 4) is 11.4 Å². The smallest absolute Gasteiger partial charge is 0.276 e. The molecule has 1 heterocycles. The van der Waals surface area contributed by atoms with E-state index in [4.69, 9.17) is 4.74 Å². The highest BCUT2D eigenvalue weighted by Gasteiger charge is 2.30. The van der Waals surface area contributed by atoms with E-state index in [0.717, 1.165) is 42.7 Å². The first-order chi connectivity index (χ1) is 16.4. The predicted octanol–water partition coefficient (Wildman–Crippen LogP) is 5.80. The van der Waals surface area contributed by atoms with Gasteiger partial charge in [-0.2, -0.15) is 0 Å². The van der Waals surface area contributed by atoms with Crippen LogP contribution in [0.25, 0.3) is 5.69 Å². The predicted molar refractivity (Wildman–Crippen MR) is 135 cm³/mol. The van der Waals surface area contributed by atoms with Crippen molar-refractivity contribution in [3.05, 3.63) is 87.9 Å². The number of hydrogen-bond acceptors (Lipinski definition) is 4. The molecule has 1 unspecified atom stereocenters. The van der Waals surface area contributed by atoms with Gasteiger partial charge in [0, 0.05) is 18.1 Å². The van der Waals surface area contributed by atoms with E-state index in [9.17, 15) is 14.3 Å². The molecule has 1 N–H and O–H groups in total. The van der Waals surface area contributed by atoms with E-state index in [1.54, 1.807) is 23.9 Å². The summed E-state index contributed by atoms with van der Waals surface area (Å²) in [6.07, 6.45) is 7.22. The lowest BCUT2D eigenvalue weighted by atomic mass is 10.1. The fourth-order valence-electron chi connectivity index (χ4n) is 3.39. The summed E-state index contributed by atoms with van der Waals surface area (Å²) in [4.78, 5) is 16.1. The summed E-state index contributed by atoms with van der Waals surface area (Å²) in [5.41, 5.74) is 3.27. The standard InChI is InChI=1S/C17H20N2O3.C9H11F.C2H6/c1-11-9-14(19-8-7-18-12(2)17(19)21)5-6-16(11)22-10-15(20)13-3-4-13;1-2-3-8-4-6-9(10)7-5-8;1-2/h5-9,13,15,20H,3-4,10H2,1-2H3;4-7H,2-3H2,1H3;1-2H3. The molecule has 0 radical (unpaired) electrons. The Morgan fingerprint density at radius 1 is 1.15 bits per heavy atom. The molecule has 3 aromatic rings. The largest absolute Gasteiger partial charge is 0.491 e. The van der Waals surface area contributed by atoms with Crippen LogP contribution in [0.1, 0.15) is 56.9 Å². The van der Waals surface area contributed by atoms with Gasteiger partial charge in [-0.25, -0.2) is 4.39 Å². The van der Waals surface area contributed by atoms with Crippen LogP contribution in [0, 0.1) is 25.6 Å². The van der Waals surface area contributed by atoms with Crippen LogP contribution in [0.3, 0.4) is 0 Å². The maximum Gasteiger partial charge on any atom is 0.276 e. The lowest BCUT2D eigenvalue weighted by Gasteiger charge is -2.14. The number of aliphatic hydroxyl groups excluding tert-OH is 1. The monoisotopic (exact) mass is 468 g/mol. The van der Waals surface area contributed by atoms with Gasteiger partial charge in [0.05, 0.1) is 6.10 Å². The lowest BCUT2D eigenvalue weighted by molar-refractivity contribution is 0.0891. The van der Waals surface area contributed by atoms with Gasteiger partial charge < -0.3 is 9.84 Å². The third-order valence-electron chi connectivity index (χ3n) is 5.48. The van der Waals surface area contributed by atoms with Crippen molar-refractivity contribution in [2.24, 2.45) is 5.92 Å². The average Bonchev–Trinajstić information content (AvgIpc) is 3.69. The molecule has 0 saturated heterocycles. The minimum absolute atomic E-state index is 0.125. The van der Waals surface area contributed by atoms with Gasteiger partial charge in [0.2, 0.25) is 0 Å². The van der Waals surface area contributed by atoms with Crippen LogP contribution in [0.15, 0.2) is 59.7 Å². The third kappa shape index (κ3) is 8.10.